The molecule has 92 valence electrons. The molecular formula is C13H17IN2O. The number of piperidine rings is 1. The second-order valence-corrected chi connectivity index (χ2v) is 5.98. The third-order valence-electron chi connectivity index (χ3n) is 3.31. The smallest absolute Gasteiger partial charge is 0.140 e. The van der Waals surface area contributed by atoms with E-state index in [1.807, 2.05) is 12.3 Å². The summed E-state index contributed by atoms with van der Waals surface area (Å²) in [7, 11) is 2.12. The van der Waals surface area contributed by atoms with E-state index in [4.69, 9.17) is 0 Å². The molecule has 0 aromatic carbocycles. The Morgan fingerprint density at radius 2 is 2.18 bits per heavy atom. The molecule has 1 aliphatic heterocycles. The van der Waals surface area contributed by atoms with Crippen molar-refractivity contribution in [2.75, 3.05) is 20.1 Å². The first-order chi connectivity index (χ1) is 8.15. The molecular weight excluding hydrogens is 327 g/mol. The lowest BCUT2D eigenvalue weighted by atomic mass is 9.90. The Morgan fingerprint density at radius 3 is 2.82 bits per heavy atom. The number of ketones is 1. The van der Waals surface area contributed by atoms with Crippen LogP contribution < -0.4 is 0 Å². The summed E-state index contributed by atoms with van der Waals surface area (Å²) >= 11 is 2.23. The van der Waals surface area contributed by atoms with Gasteiger partial charge in [0.25, 0.3) is 0 Å². The number of aromatic nitrogens is 1. The van der Waals surface area contributed by atoms with E-state index in [0.717, 1.165) is 35.1 Å². The first-order valence-electron chi connectivity index (χ1n) is 5.96. The third-order valence-corrected chi connectivity index (χ3v) is 3.90. The fraction of sp³-hybridized carbons (Fsp3) is 0.538. The van der Waals surface area contributed by atoms with E-state index in [9.17, 15) is 4.79 Å². The van der Waals surface area contributed by atoms with Crippen molar-refractivity contribution in [1.82, 2.24) is 9.88 Å². The molecule has 0 saturated carbocycles. The Hall–Kier alpha value is -0.490. The van der Waals surface area contributed by atoms with Crippen molar-refractivity contribution in [3.8, 4) is 0 Å². The quantitative estimate of drug-likeness (QED) is 0.788. The zero-order valence-electron chi connectivity index (χ0n) is 10.0. The SMILES string of the molecule is CN1CCC(C(=O)Cc2cncc(I)c2)CC1. The molecule has 1 saturated heterocycles. The molecule has 0 N–H and O–H groups in total. The largest absolute Gasteiger partial charge is 0.306 e. The summed E-state index contributed by atoms with van der Waals surface area (Å²) in [5.74, 6) is 0.631. The second-order valence-electron chi connectivity index (χ2n) is 4.73. The molecule has 0 radical (unpaired) electrons. The van der Waals surface area contributed by atoms with Crippen molar-refractivity contribution in [1.29, 1.82) is 0 Å². The Morgan fingerprint density at radius 1 is 1.47 bits per heavy atom. The second kappa shape index (κ2) is 5.91. The molecule has 0 atom stereocenters. The summed E-state index contributed by atoms with van der Waals surface area (Å²) in [6.07, 6.45) is 6.16. The Kier molecular flexibility index (Phi) is 4.50. The van der Waals surface area contributed by atoms with Gasteiger partial charge >= 0.3 is 0 Å². The maximum atomic E-state index is 12.1. The van der Waals surface area contributed by atoms with Gasteiger partial charge in [0.05, 0.1) is 0 Å². The van der Waals surface area contributed by atoms with E-state index >= 15 is 0 Å². The minimum atomic E-state index is 0.254. The van der Waals surface area contributed by atoms with Crippen molar-refractivity contribution in [2.45, 2.75) is 19.3 Å². The topological polar surface area (TPSA) is 33.2 Å². The van der Waals surface area contributed by atoms with Gasteiger partial charge in [0, 0.05) is 28.3 Å². The van der Waals surface area contributed by atoms with Gasteiger partial charge in [0.15, 0.2) is 0 Å². The molecule has 2 heterocycles. The fourth-order valence-electron chi connectivity index (χ4n) is 2.23. The van der Waals surface area contributed by atoms with Gasteiger partial charge in [0.1, 0.15) is 5.78 Å². The molecule has 17 heavy (non-hydrogen) atoms. The average molecular weight is 344 g/mol. The number of hydrogen-bond acceptors (Lipinski definition) is 3. The molecule has 1 aliphatic rings. The van der Waals surface area contributed by atoms with Gasteiger partial charge in [0.2, 0.25) is 0 Å². The standard InChI is InChI=1S/C13H17IN2O/c1-16-4-2-11(3-5-16)13(17)7-10-6-12(14)9-15-8-10/h6,8-9,11H,2-5,7H2,1H3. The molecule has 0 aliphatic carbocycles. The van der Waals surface area contributed by atoms with E-state index in [-0.39, 0.29) is 5.92 Å². The number of Topliss-reactive ketones (excluding diaryl/α,β-unsaturated/α-hetero) is 1. The van der Waals surface area contributed by atoms with Crippen molar-refractivity contribution in [3.63, 3.8) is 0 Å². The first kappa shape index (κ1) is 13.0. The minimum Gasteiger partial charge on any atom is -0.306 e. The predicted octanol–water partition coefficient (Wildman–Crippen LogP) is 2.14. The van der Waals surface area contributed by atoms with Crippen LogP contribution in [0.15, 0.2) is 18.5 Å². The fourth-order valence-corrected chi connectivity index (χ4v) is 2.79. The highest BCUT2D eigenvalue weighted by Crippen LogP contribution is 2.19. The van der Waals surface area contributed by atoms with Crippen LogP contribution in [0.3, 0.4) is 0 Å². The van der Waals surface area contributed by atoms with Crippen molar-refractivity contribution < 1.29 is 4.79 Å². The number of pyridine rings is 1. The zero-order chi connectivity index (χ0) is 12.3. The summed E-state index contributed by atoms with van der Waals surface area (Å²) < 4.78 is 1.09. The van der Waals surface area contributed by atoms with Crippen molar-refractivity contribution >= 4 is 28.4 Å². The highest BCUT2D eigenvalue weighted by molar-refractivity contribution is 14.1. The van der Waals surface area contributed by atoms with Crippen LogP contribution in [0.25, 0.3) is 0 Å². The van der Waals surface area contributed by atoms with Gasteiger partial charge in [-0.15, -0.1) is 0 Å². The van der Waals surface area contributed by atoms with E-state index in [1.165, 1.54) is 0 Å². The number of rotatable bonds is 3. The van der Waals surface area contributed by atoms with Crippen molar-refractivity contribution in [2.24, 2.45) is 5.92 Å². The van der Waals surface area contributed by atoms with Gasteiger partial charge in [-0.05, 0) is 67.2 Å². The number of halogens is 1. The summed E-state index contributed by atoms with van der Waals surface area (Å²) in [5.41, 5.74) is 1.04. The van der Waals surface area contributed by atoms with Crippen LogP contribution in [0.1, 0.15) is 18.4 Å². The van der Waals surface area contributed by atoms with E-state index in [0.29, 0.717) is 12.2 Å². The molecule has 2 rings (SSSR count). The average Bonchev–Trinajstić information content (AvgIpc) is 2.29. The van der Waals surface area contributed by atoms with Gasteiger partial charge < -0.3 is 4.90 Å². The predicted molar refractivity (Wildman–Crippen MR) is 75.9 cm³/mol. The summed E-state index contributed by atoms with van der Waals surface area (Å²) in [6, 6.07) is 2.04. The number of nitrogens with zero attached hydrogens (tertiary/aromatic N) is 2. The molecule has 1 fully saturated rings. The molecule has 0 bridgehead atoms. The van der Waals surface area contributed by atoms with Gasteiger partial charge in [-0.25, -0.2) is 0 Å². The number of likely N-dealkylation sites (tertiary alicyclic amines) is 1. The molecule has 4 heteroatoms. The van der Waals surface area contributed by atoms with Gasteiger partial charge in [-0.1, -0.05) is 0 Å². The van der Waals surface area contributed by atoms with Crippen LogP contribution in [0.2, 0.25) is 0 Å². The molecule has 0 amide bonds. The zero-order valence-corrected chi connectivity index (χ0v) is 12.2. The van der Waals surface area contributed by atoms with Gasteiger partial charge in [-0.3, -0.25) is 9.78 Å². The number of carbonyl (C=O) groups is 1. The van der Waals surface area contributed by atoms with Crippen LogP contribution >= 0.6 is 22.6 Å². The molecule has 0 unspecified atom stereocenters. The summed E-state index contributed by atoms with van der Waals surface area (Å²) in [6.45, 7) is 2.09. The Labute approximate surface area is 116 Å². The monoisotopic (exact) mass is 344 g/mol. The van der Waals surface area contributed by atoms with E-state index in [2.05, 4.69) is 39.5 Å². The van der Waals surface area contributed by atoms with Gasteiger partial charge in [-0.2, -0.15) is 0 Å². The number of carbonyl (C=O) groups excluding carboxylic acids is 1. The minimum absolute atomic E-state index is 0.254. The summed E-state index contributed by atoms with van der Waals surface area (Å²) in [4.78, 5) is 18.6. The van der Waals surface area contributed by atoms with Crippen LogP contribution in [0.5, 0.6) is 0 Å². The molecule has 3 nitrogen and oxygen atoms in total. The normalized spacial score (nSPS) is 18.2. The van der Waals surface area contributed by atoms with Crippen LogP contribution in [-0.4, -0.2) is 35.8 Å². The van der Waals surface area contributed by atoms with Crippen LogP contribution in [-0.2, 0) is 11.2 Å². The lowest BCUT2D eigenvalue weighted by Crippen LogP contribution is -2.34. The van der Waals surface area contributed by atoms with E-state index < -0.39 is 0 Å². The lowest BCUT2D eigenvalue weighted by molar-refractivity contribution is -0.123. The first-order valence-corrected chi connectivity index (χ1v) is 7.03. The molecule has 0 spiro atoms. The summed E-state index contributed by atoms with van der Waals surface area (Å²) in [5, 5.41) is 0. The van der Waals surface area contributed by atoms with Crippen molar-refractivity contribution in [3.05, 3.63) is 27.6 Å². The Balaban J connectivity index is 1.93. The maximum absolute atomic E-state index is 12.1. The highest BCUT2D eigenvalue weighted by Gasteiger charge is 2.23. The third kappa shape index (κ3) is 3.74. The molecule has 1 aromatic rings. The van der Waals surface area contributed by atoms with Crippen LogP contribution in [0, 0.1) is 9.49 Å². The molecule has 1 aromatic heterocycles. The maximum Gasteiger partial charge on any atom is 0.140 e. The lowest BCUT2D eigenvalue weighted by Gasteiger charge is -2.27. The van der Waals surface area contributed by atoms with E-state index in [1.54, 1.807) is 6.20 Å². The highest BCUT2D eigenvalue weighted by atomic mass is 127. The number of hydrogen-bond donors (Lipinski definition) is 0. The Bertz CT molecular complexity index is 400. The van der Waals surface area contributed by atoms with Crippen LogP contribution in [0.4, 0.5) is 0 Å².